The zero-order chi connectivity index (χ0) is 20.6. The summed E-state index contributed by atoms with van der Waals surface area (Å²) in [5.74, 6) is 0.454. The predicted octanol–water partition coefficient (Wildman–Crippen LogP) is 5.67. The number of rotatable bonds is 4. The van der Waals surface area contributed by atoms with E-state index in [4.69, 9.17) is 4.74 Å². The van der Waals surface area contributed by atoms with E-state index in [-0.39, 0.29) is 6.42 Å². The van der Waals surface area contributed by atoms with Crippen molar-refractivity contribution in [2.75, 3.05) is 0 Å². The summed E-state index contributed by atoms with van der Waals surface area (Å²) in [5.41, 5.74) is 3.33. The van der Waals surface area contributed by atoms with Crippen LogP contribution >= 0.6 is 0 Å². The zero-order valence-electron chi connectivity index (χ0n) is 16.8. The molecular formula is C25H24O3S. The molecule has 0 aliphatic carbocycles. The van der Waals surface area contributed by atoms with E-state index in [0.717, 1.165) is 22.3 Å². The molecule has 1 heterocycles. The maximum atomic E-state index is 13.4. The molecule has 29 heavy (non-hydrogen) atoms. The molecule has 1 aliphatic heterocycles. The first-order chi connectivity index (χ1) is 13.8. The summed E-state index contributed by atoms with van der Waals surface area (Å²) in [6.07, 6.45) is 0.266. The van der Waals surface area contributed by atoms with Crippen LogP contribution < -0.4 is 0 Å². The first kappa shape index (κ1) is 19.5. The van der Waals surface area contributed by atoms with Gasteiger partial charge in [-0.05, 0) is 32.9 Å². The summed E-state index contributed by atoms with van der Waals surface area (Å²) in [6.45, 7) is 5.82. The van der Waals surface area contributed by atoms with Gasteiger partial charge in [-0.15, -0.1) is 0 Å². The van der Waals surface area contributed by atoms with Gasteiger partial charge in [-0.1, -0.05) is 77.9 Å². The van der Waals surface area contributed by atoms with Crippen molar-refractivity contribution in [2.24, 2.45) is 0 Å². The molecule has 3 aromatic carbocycles. The Kier molecular flexibility index (Phi) is 4.83. The highest BCUT2D eigenvalue weighted by molar-refractivity contribution is 7.95. The number of allylic oxidation sites excluding steroid dienone is 1. The number of hydrogen-bond donors (Lipinski definition) is 0. The van der Waals surface area contributed by atoms with Crippen LogP contribution in [-0.2, 0) is 20.2 Å². The zero-order valence-corrected chi connectivity index (χ0v) is 17.7. The molecule has 3 nitrogen and oxygen atoms in total. The Morgan fingerprint density at radius 3 is 1.69 bits per heavy atom. The SMILES string of the molecule is CC1=C(S(=O)(=O)c2ccccc2)CC(c2ccc(C)cc2)(c2ccc(C)cc2)O1. The van der Waals surface area contributed by atoms with Crippen LogP contribution in [0.2, 0.25) is 0 Å². The minimum atomic E-state index is -3.64. The standard InChI is InChI=1S/C25H24O3S/c1-18-9-13-21(14-10-18)25(22-15-11-19(2)12-16-22)17-24(20(3)28-25)29(26,27)23-7-5-4-6-8-23/h4-16H,17H2,1-3H3. The highest BCUT2D eigenvalue weighted by atomic mass is 32.2. The Hall–Kier alpha value is -2.85. The maximum Gasteiger partial charge on any atom is 0.206 e. The lowest BCUT2D eigenvalue weighted by molar-refractivity contribution is 0.0623. The fourth-order valence-electron chi connectivity index (χ4n) is 3.87. The topological polar surface area (TPSA) is 43.4 Å². The van der Waals surface area contributed by atoms with Gasteiger partial charge in [0.1, 0.15) is 5.76 Å². The van der Waals surface area contributed by atoms with Crippen molar-refractivity contribution in [3.05, 3.63) is 112 Å². The van der Waals surface area contributed by atoms with Crippen LogP contribution in [0, 0.1) is 13.8 Å². The van der Waals surface area contributed by atoms with Gasteiger partial charge in [0.25, 0.3) is 0 Å². The minimum absolute atomic E-state index is 0.266. The molecule has 3 aromatic rings. The highest BCUT2D eigenvalue weighted by Gasteiger charge is 2.46. The van der Waals surface area contributed by atoms with Crippen molar-refractivity contribution < 1.29 is 13.2 Å². The Balaban J connectivity index is 1.85. The van der Waals surface area contributed by atoms with Gasteiger partial charge in [0.05, 0.1) is 9.80 Å². The molecule has 0 unspecified atom stereocenters. The van der Waals surface area contributed by atoms with Crippen molar-refractivity contribution in [2.45, 2.75) is 37.7 Å². The van der Waals surface area contributed by atoms with E-state index in [9.17, 15) is 8.42 Å². The molecule has 0 N–H and O–H groups in total. The lowest BCUT2D eigenvalue weighted by Crippen LogP contribution is -2.28. The lowest BCUT2D eigenvalue weighted by atomic mass is 9.83. The van der Waals surface area contributed by atoms with Crippen molar-refractivity contribution in [1.29, 1.82) is 0 Å². The highest BCUT2D eigenvalue weighted by Crippen LogP contribution is 2.49. The van der Waals surface area contributed by atoms with Gasteiger partial charge < -0.3 is 4.74 Å². The van der Waals surface area contributed by atoms with Crippen molar-refractivity contribution >= 4 is 9.84 Å². The molecule has 0 amide bonds. The third-order valence-electron chi connectivity index (χ3n) is 5.54. The molecule has 148 valence electrons. The summed E-state index contributed by atoms with van der Waals surface area (Å²) in [4.78, 5) is 0.631. The molecule has 0 saturated heterocycles. The molecule has 0 aromatic heterocycles. The molecule has 1 aliphatic rings. The number of sulfone groups is 1. The van der Waals surface area contributed by atoms with E-state index in [0.29, 0.717) is 15.6 Å². The predicted molar refractivity (Wildman–Crippen MR) is 115 cm³/mol. The van der Waals surface area contributed by atoms with Gasteiger partial charge in [-0.25, -0.2) is 8.42 Å². The van der Waals surface area contributed by atoms with E-state index in [1.165, 1.54) is 0 Å². The molecule has 0 radical (unpaired) electrons. The number of hydrogen-bond acceptors (Lipinski definition) is 3. The molecule has 0 saturated carbocycles. The summed E-state index contributed by atoms with van der Waals surface area (Å²) in [7, 11) is -3.64. The second kappa shape index (κ2) is 7.20. The van der Waals surface area contributed by atoms with Gasteiger partial charge in [0.15, 0.2) is 5.60 Å². The molecule has 0 atom stereocenters. The van der Waals surface area contributed by atoms with E-state index < -0.39 is 15.4 Å². The first-order valence-corrected chi connectivity index (χ1v) is 11.1. The maximum absolute atomic E-state index is 13.4. The fourth-order valence-corrected chi connectivity index (χ4v) is 5.48. The second-order valence-electron chi connectivity index (χ2n) is 7.63. The monoisotopic (exact) mass is 404 g/mol. The van der Waals surface area contributed by atoms with E-state index >= 15 is 0 Å². The largest absolute Gasteiger partial charge is 0.481 e. The smallest absolute Gasteiger partial charge is 0.206 e. The molecule has 0 bridgehead atoms. The second-order valence-corrected chi connectivity index (χ2v) is 9.60. The Morgan fingerprint density at radius 2 is 1.21 bits per heavy atom. The Morgan fingerprint density at radius 1 is 0.724 bits per heavy atom. The molecule has 0 fully saturated rings. The van der Waals surface area contributed by atoms with Gasteiger partial charge >= 0.3 is 0 Å². The van der Waals surface area contributed by atoms with Gasteiger partial charge in [-0.2, -0.15) is 0 Å². The van der Waals surface area contributed by atoms with E-state index in [1.54, 1.807) is 31.2 Å². The van der Waals surface area contributed by atoms with Crippen LogP contribution in [0.1, 0.15) is 35.6 Å². The number of ether oxygens (including phenoxy) is 1. The first-order valence-electron chi connectivity index (χ1n) is 9.66. The third-order valence-corrected chi connectivity index (χ3v) is 7.52. The third kappa shape index (κ3) is 3.38. The van der Waals surface area contributed by atoms with Crippen molar-refractivity contribution in [3.63, 3.8) is 0 Å². The average Bonchev–Trinajstić information content (AvgIpc) is 3.09. The lowest BCUT2D eigenvalue weighted by Gasteiger charge is -2.31. The normalized spacial score (nSPS) is 16.0. The summed E-state index contributed by atoms with van der Waals surface area (Å²) in [5, 5.41) is 0. The summed E-state index contributed by atoms with van der Waals surface area (Å²) >= 11 is 0. The van der Waals surface area contributed by atoms with Crippen molar-refractivity contribution in [3.8, 4) is 0 Å². The summed E-state index contributed by atoms with van der Waals surface area (Å²) < 4.78 is 33.2. The molecule has 4 heteroatoms. The average molecular weight is 405 g/mol. The number of aryl methyl sites for hydroxylation is 2. The number of benzene rings is 3. The molecular weight excluding hydrogens is 380 g/mol. The van der Waals surface area contributed by atoms with Crippen LogP contribution in [-0.4, -0.2) is 8.42 Å². The van der Waals surface area contributed by atoms with Crippen LogP contribution in [0.3, 0.4) is 0 Å². The van der Waals surface area contributed by atoms with E-state index in [2.05, 4.69) is 0 Å². The Bertz CT molecular complexity index is 1110. The molecule has 4 rings (SSSR count). The van der Waals surface area contributed by atoms with Gasteiger partial charge in [0, 0.05) is 17.5 Å². The fraction of sp³-hybridized carbons (Fsp3) is 0.200. The van der Waals surface area contributed by atoms with Gasteiger partial charge in [0.2, 0.25) is 9.84 Å². The van der Waals surface area contributed by atoms with Crippen LogP contribution in [0.25, 0.3) is 0 Å². The van der Waals surface area contributed by atoms with Crippen LogP contribution in [0.15, 0.2) is 94.4 Å². The van der Waals surface area contributed by atoms with E-state index in [1.807, 2.05) is 68.4 Å². The van der Waals surface area contributed by atoms with Crippen LogP contribution in [0.4, 0.5) is 0 Å². The molecule has 0 spiro atoms. The quantitative estimate of drug-likeness (QED) is 0.562. The van der Waals surface area contributed by atoms with Crippen molar-refractivity contribution in [1.82, 2.24) is 0 Å². The summed E-state index contributed by atoms with van der Waals surface area (Å²) in [6, 6.07) is 24.8. The van der Waals surface area contributed by atoms with Crippen LogP contribution in [0.5, 0.6) is 0 Å². The van der Waals surface area contributed by atoms with Gasteiger partial charge in [-0.3, -0.25) is 0 Å². The Labute approximate surface area is 172 Å². The minimum Gasteiger partial charge on any atom is -0.481 e.